The highest BCUT2D eigenvalue weighted by atomic mass is 35.5. The topological polar surface area (TPSA) is 83.9 Å². The van der Waals surface area contributed by atoms with Crippen molar-refractivity contribution in [2.45, 2.75) is 57.3 Å². The Bertz CT molecular complexity index is 1840. The molecule has 0 radical (unpaired) electrons. The SMILES string of the molecule is CN(CC1CN(C(=O)OC(C)(C)C)C1)c1nc(OC[C@@]23CCCN2C[C@H](F)C3)nc2c(F)c(-c3cccc4cccc(Cl)c34)ncc12. The molecule has 9 nitrogen and oxygen atoms in total. The monoisotopic (exact) mass is 664 g/mol. The van der Waals surface area contributed by atoms with Gasteiger partial charge in [-0.05, 0) is 51.6 Å². The average molecular weight is 665 g/mol. The van der Waals surface area contributed by atoms with Crippen LogP contribution in [0.1, 0.15) is 40.0 Å². The van der Waals surface area contributed by atoms with E-state index in [1.807, 2.05) is 57.0 Å². The molecule has 0 N–H and O–H groups in total. The van der Waals surface area contributed by atoms with E-state index in [-0.39, 0.29) is 35.8 Å². The normalized spacial score (nSPS) is 21.7. The smallest absolute Gasteiger partial charge is 0.410 e. The first kappa shape index (κ1) is 31.8. The van der Waals surface area contributed by atoms with E-state index in [2.05, 4.69) is 14.9 Å². The van der Waals surface area contributed by atoms with Gasteiger partial charge in [-0.1, -0.05) is 41.9 Å². The van der Waals surface area contributed by atoms with Gasteiger partial charge in [-0.25, -0.2) is 13.6 Å². The molecule has 7 rings (SSSR count). The van der Waals surface area contributed by atoms with E-state index in [9.17, 15) is 9.18 Å². The fraction of sp³-hybridized carbons (Fsp3) is 0.486. The van der Waals surface area contributed by atoms with Gasteiger partial charge in [0.15, 0.2) is 5.82 Å². The summed E-state index contributed by atoms with van der Waals surface area (Å²) in [6.07, 6.45) is 2.55. The van der Waals surface area contributed by atoms with Crippen LogP contribution in [-0.2, 0) is 4.74 Å². The molecular formula is C35H39ClF2N6O3. The van der Waals surface area contributed by atoms with E-state index >= 15 is 4.39 Å². The Morgan fingerprint density at radius 3 is 2.68 bits per heavy atom. The number of alkyl halides is 1. The van der Waals surface area contributed by atoms with Gasteiger partial charge in [0, 0.05) is 67.7 Å². The predicted octanol–water partition coefficient (Wildman–Crippen LogP) is 6.90. The number of anilines is 1. The number of halogens is 3. The van der Waals surface area contributed by atoms with Crippen LogP contribution in [0, 0.1) is 11.7 Å². The van der Waals surface area contributed by atoms with Gasteiger partial charge in [0.25, 0.3) is 0 Å². The average Bonchev–Trinajstić information content (AvgIpc) is 3.52. The maximum absolute atomic E-state index is 16.7. The Morgan fingerprint density at radius 2 is 1.91 bits per heavy atom. The lowest BCUT2D eigenvalue weighted by Crippen LogP contribution is -2.54. The minimum absolute atomic E-state index is 0.0267. The third-order valence-electron chi connectivity index (χ3n) is 9.49. The molecule has 3 fully saturated rings. The highest BCUT2D eigenvalue weighted by Crippen LogP contribution is 2.41. The number of nitrogens with zero attached hydrogens (tertiary/aromatic N) is 6. The van der Waals surface area contributed by atoms with Crippen molar-refractivity contribution in [2.75, 3.05) is 51.3 Å². The van der Waals surface area contributed by atoms with Gasteiger partial charge in [0.1, 0.15) is 35.4 Å². The van der Waals surface area contributed by atoms with Gasteiger partial charge in [-0.2, -0.15) is 9.97 Å². The number of hydrogen-bond donors (Lipinski definition) is 0. The van der Waals surface area contributed by atoms with Crippen molar-refractivity contribution in [2.24, 2.45) is 5.92 Å². The largest absolute Gasteiger partial charge is 0.461 e. The lowest BCUT2D eigenvalue weighted by Gasteiger charge is -2.41. The molecule has 2 atom stereocenters. The zero-order valence-electron chi connectivity index (χ0n) is 27.1. The second-order valence-corrected chi connectivity index (χ2v) is 14.6. The number of ether oxygens (including phenoxy) is 2. The van der Waals surface area contributed by atoms with Crippen LogP contribution in [-0.4, -0.2) is 94.5 Å². The standard InChI is InChI=1S/C35H39ClF2N6O3/c1-34(2,3)47-33(45)43-17-21(18-43)16-42(4)31-25-15-39-29(24-10-5-8-22-9-6-11-26(36)27(22)24)28(38)30(25)40-32(41-31)46-20-35-12-7-13-44(35)19-23(37)14-35/h5-6,8-11,15,21,23H,7,12-14,16-20H2,1-4H3/t23-,35+/m1/s1. The summed E-state index contributed by atoms with van der Waals surface area (Å²) < 4.78 is 42.9. The molecule has 3 aliphatic rings. The van der Waals surface area contributed by atoms with Crippen molar-refractivity contribution in [3.63, 3.8) is 0 Å². The Hall–Kier alpha value is -3.83. The predicted molar refractivity (Wildman–Crippen MR) is 178 cm³/mol. The minimum atomic E-state index is -0.903. The molecule has 0 saturated carbocycles. The Labute approximate surface area is 277 Å². The van der Waals surface area contributed by atoms with Crippen molar-refractivity contribution < 1.29 is 23.0 Å². The molecule has 4 aromatic rings. The lowest BCUT2D eigenvalue weighted by molar-refractivity contribution is 0.000175. The van der Waals surface area contributed by atoms with E-state index in [0.717, 1.165) is 24.8 Å². The van der Waals surface area contributed by atoms with Crippen LogP contribution in [0.25, 0.3) is 32.9 Å². The molecule has 5 heterocycles. The van der Waals surface area contributed by atoms with Crippen LogP contribution in [0.15, 0.2) is 42.6 Å². The molecule has 12 heteroatoms. The summed E-state index contributed by atoms with van der Waals surface area (Å²) in [7, 11) is 1.88. The van der Waals surface area contributed by atoms with E-state index in [1.165, 1.54) is 0 Å². The van der Waals surface area contributed by atoms with Gasteiger partial charge in [0.2, 0.25) is 0 Å². The fourth-order valence-electron chi connectivity index (χ4n) is 7.34. The maximum Gasteiger partial charge on any atom is 0.410 e. The zero-order chi connectivity index (χ0) is 33.1. The van der Waals surface area contributed by atoms with Gasteiger partial charge >= 0.3 is 12.1 Å². The van der Waals surface area contributed by atoms with Gasteiger partial charge in [-0.15, -0.1) is 0 Å². The highest BCUT2D eigenvalue weighted by Gasteiger charge is 2.49. The van der Waals surface area contributed by atoms with E-state index in [4.69, 9.17) is 26.1 Å². The molecular weight excluding hydrogens is 626 g/mol. The first-order valence-electron chi connectivity index (χ1n) is 16.2. The number of benzene rings is 2. The van der Waals surface area contributed by atoms with Crippen molar-refractivity contribution >= 4 is 45.2 Å². The fourth-order valence-corrected chi connectivity index (χ4v) is 7.62. The molecule has 0 unspecified atom stereocenters. The van der Waals surface area contributed by atoms with E-state index in [1.54, 1.807) is 23.2 Å². The number of aromatic nitrogens is 3. The van der Waals surface area contributed by atoms with E-state index < -0.39 is 23.1 Å². The summed E-state index contributed by atoms with van der Waals surface area (Å²) in [6, 6.07) is 11.1. The summed E-state index contributed by atoms with van der Waals surface area (Å²) in [5.41, 5.74) is -0.229. The summed E-state index contributed by atoms with van der Waals surface area (Å²) in [4.78, 5) is 32.2. The number of likely N-dealkylation sites (tertiary alicyclic amines) is 1. The van der Waals surface area contributed by atoms with Crippen molar-refractivity contribution in [3.8, 4) is 17.3 Å². The molecule has 248 valence electrons. The van der Waals surface area contributed by atoms with Crippen molar-refractivity contribution in [1.29, 1.82) is 0 Å². The Morgan fingerprint density at radius 1 is 1.15 bits per heavy atom. The van der Waals surface area contributed by atoms with Crippen molar-refractivity contribution in [1.82, 2.24) is 24.8 Å². The quantitative estimate of drug-likeness (QED) is 0.211. The number of amides is 1. The van der Waals surface area contributed by atoms with Crippen LogP contribution in [0.3, 0.4) is 0 Å². The van der Waals surface area contributed by atoms with Crippen LogP contribution >= 0.6 is 11.6 Å². The van der Waals surface area contributed by atoms with Crippen LogP contribution < -0.4 is 9.64 Å². The number of pyridine rings is 1. The van der Waals surface area contributed by atoms with Gasteiger partial charge in [-0.3, -0.25) is 9.88 Å². The van der Waals surface area contributed by atoms with Crippen molar-refractivity contribution in [3.05, 3.63) is 53.4 Å². The van der Waals surface area contributed by atoms with E-state index in [0.29, 0.717) is 59.8 Å². The van der Waals surface area contributed by atoms with Crippen LogP contribution in [0.2, 0.25) is 5.02 Å². The first-order valence-corrected chi connectivity index (χ1v) is 16.5. The molecule has 2 aromatic heterocycles. The molecule has 2 aromatic carbocycles. The summed E-state index contributed by atoms with van der Waals surface area (Å²) in [5.74, 6) is 0.00909. The third-order valence-corrected chi connectivity index (χ3v) is 9.80. The summed E-state index contributed by atoms with van der Waals surface area (Å²) in [5, 5.41) is 2.50. The molecule has 3 saturated heterocycles. The lowest BCUT2D eigenvalue weighted by atomic mass is 9.95. The molecule has 0 spiro atoms. The van der Waals surface area contributed by atoms with Crippen LogP contribution in [0.5, 0.6) is 6.01 Å². The molecule has 3 aliphatic heterocycles. The molecule has 47 heavy (non-hydrogen) atoms. The molecule has 0 bridgehead atoms. The zero-order valence-corrected chi connectivity index (χ0v) is 27.9. The Balaban J connectivity index is 1.23. The van der Waals surface area contributed by atoms with Crippen LogP contribution in [0.4, 0.5) is 19.4 Å². The second-order valence-electron chi connectivity index (χ2n) is 14.2. The Kier molecular flexibility index (Phi) is 8.11. The summed E-state index contributed by atoms with van der Waals surface area (Å²) in [6.45, 7) is 8.59. The maximum atomic E-state index is 16.7. The highest BCUT2D eigenvalue weighted by molar-refractivity contribution is 6.36. The second kappa shape index (κ2) is 12.0. The summed E-state index contributed by atoms with van der Waals surface area (Å²) >= 11 is 6.60. The molecule has 1 amide bonds. The molecule has 0 aliphatic carbocycles. The number of carbonyl (C=O) groups excluding carboxylic acids is 1. The third kappa shape index (κ3) is 6.04. The minimum Gasteiger partial charge on any atom is -0.461 e. The first-order chi connectivity index (χ1) is 22.4. The number of hydrogen-bond acceptors (Lipinski definition) is 8. The number of rotatable bonds is 7. The number of carbonyl (C=O) groups is 1. The van der Waals surface area contributed by atoms with Gasteiger partial charge < -0.3 is 19.3 Å². The number of fused-ring (bicyclic) bond motifs is 3. The van der Waals surface area contributed by atoms with Gasteiger partial charge in [0.05, 0.1) is 10.9 Å².